The maximum Gasteiger partial charge on any atom is 0.145 e. The zero-order valence-electron chi connectivity index (χ0n) is 15.1. The van der Waals surface area contributed by atoms with Crippen LogP contribution in [0.3, 0.4) is 0 Å². The molecule has 3 heterocycles. The van der Waals surface area contributed by atoms with Crippen molar-refractivity contribution in [2.75, 3.05) is 20.2 Å². The van der Waals surface area contributed by atoms with E-state index in [1.54, 1.807) is 7.11 Å². The topological polar surface area (TPSA) is 50.3 Å². The van der Waals surface area contributed by atoms with E-state index in [-0.39, 0.29) is 0 Å². The van der Waals surface area contributed by atoms with E-state index in [1.165, 1.54) is 28.8 Å². The molecule has 5 heteroatoms. The lowest BCUT2D eigenvalue weighted by Crippen LogP contribution is -2.31. The van der Waals surface area contributed by atoms with Crippen molar-refractivity contribution in [3.63, 3.8) is 0 Å². The van der Waals surface area contributed by atoms with Crippen molar-refractivity contribution in [3.8, 4) is 5.75 Å². The quantitative estimate of drug-likeness (QED) is 0.929. The summed E-state index contributed by atoms with van der Waals surface area (Å²) in [4.78, 5) is 12.0. The van der Waals surface area contributed by atoms with E-state index in [0.717, 1.165) is 50.6 Å². The van der Waals surface area contributed by atoms with Gasteiger partial charge in [0.15, 0.2) is 0 Å². The van der Waals surface area contributed by atoms with Crippen molar-refractivity contribution < 1.29 is 4.74 Å². The third kappa shape index (κ3) is 3.39. The van der Waals surface area contributed by atoms with Gasteiger partial charge in [0.25, 0.3) is 0 Å². The van der Waals surface area contributed by atoms with Crippen molar-refractivity contribution in [1.82, 2.24) is 20.2 Å². The number of fused-ring (bicyclic) bond motifs is 1. The predicted molar refractivity (Wildman–Crippen MR) is 97.6 cm³/mol. The van der Waals surface area contributed by atoms with Gasteiger partial charge in [0.05, 0.1) is 13.2 Å². The monoisotopic (exact) mass is 338 g/mol. The molecule has 1 saturated heterocycles. The lowest BCUT2D eigenvalue weighted by molar-refractivity contribution is 0.238. The molecule has 0 amide bonds. The Hall–Kier alpha value is -1.98. The summed E-state index contributed by atoms with van der Waals surface area (Å²) >= 11 is 0. The highest BCUT2D eigenvalue weighted by molar-refractivity contribution is 5.40. The number of para-hydroxylation sites is 1. The van der Waals surface area contributed by atoms with E-state index in [2.05, 4.69) is 40.3 Å². The second-order valence-electron chi connectivity index (χ2n) is 7.08. The first-order valence-electron chi connectivity index (χ1n) is 9.17. The van der Waals surface area contributed by atoms with E-state index in [9.17, 15) is 0 Å². The molecule has 132 valence electrons. The highest BCUT2D eigenvalue weighted by Crippen LogP contribution is 2.27. The normalized spacial score (nSPS) is 20.5. The molecule has 1 aromatic heterocycles. The predicted octanol–water partition coefficient (Wildman–Crippen LogP) is 2.78. The third-order valence-electron chi connectivity index (χ3n) is 5.30. The smallest absolute Gasteiger partial charge is 0.145 e. The molecule has 2 aliphatic heterocycles. The Kier molecular flexibility index (Phi) is 4.68. The Morgan fingerprint density at radius 3 is 3.08 bits per heavy atom. The number of benzene rings is 1. The Morgan fingerprint density at radius 1 is 1.36 bits per heavy atom. The van der Waals surface area contributed by atoms with E-state index in [1.807, 2.05) is 6.20 Å². The van der Waals surface area contributed by atoms with Crippen LogP contribution in [0.15, 0.2) is 24.4 Å². The molecule has 2 aliphatic rings. The molecule has 5 nitrogen and oxygen atoms in total. The van der Waals surface area contributed by atoms with Gasteiger partial charge >= 0.3 is 0 Å². The molecular weight excluding hydrogens is 312 g/mol. The SMILES string of the molecule is COc1c(C)cccc1CN1CCc2nc([C@H]3CCCN3)ncc2C1. The van der Waals surface area contributed by atoms with Gasteiger partial charge in [-0.2, -0.15) is 0 Å². The molecule has 25 heavy (non-hydrogen) atoms. The fourth-order valence-electron chi connectivity index (χ4n) is 3.97. The van der Waals surface area contributed by atoms with Crippen molar-refractivity contribution >= 4 is 0 Å². The summed E-state index contributed by atoms with van der Waals surface area (Å²) in [6, 6.07) is 6.71. The lowest BCUT2D eigenvalue weighted by Gasteiger charge is -2.29. The first-order chi connectivity index (χ1) is 12.2. The van der Waals surface area contributed by atoms with Gasteiger partial charge in [0.1, 0.15) is 11.6 Å². The van der Waals surface area contributed by atoms with Gasteiger partial charge in [-0.3, -0.25) is 4.90 Å². The fourth-order valence-corrected chi connectivity index (χ4v) is 3.97. The Balaban J connectivity index is 1.49. The fraction of sp³-hybridized carbons (Fsp3) is 0.500. The van der Waals surface area contributed by atoms with Crippen molar-refractivity contribution in [2.24, 2.45) is 0 Å². The summed E-state index contributed by atoms with van der Waals surface area (Å²) < 4.78 is 5.60. The summed E-state index contributed by atoms with van der Waals surface area (Å²) in [5.74, 6) is 1.98. The number of hydrogen-bond donors (Lipinski definition) is 1. The molecular formula is C20H26N4O. The van der Waals surface area contributed by atoms with Gasteiger partial charge in [-0.1, -0.05) is 18.2 Å². The summed E-state index contributed by atoms with van der Waals surface area (Å²) in [5.41, 5.74) is 4.93. The Labute approximate surface area is 149 Å². The molecule has 0 unspecified atom stereocenters. The molecule has 1 atom stereocenters. The Morgan fingerprint density at radius 2 is 2.28 bits per heavy atom. The minimum absolute atomic E-state index is 0.347. The number of aryl methyl sites for hydroxylation is 1. The van der Waals surface area contributed by atoms with Crippen LogP contribution in [0.5, 0.6) is 5.75 Å². The largest absolute Gasteiger partial charge is 0.496 e. The van der Waals surface area contributed by atoms with Crippen LogP contribution in [0, 0.1) is 6.92 Å². The molecule has 0 saturated carbocycles. The van der Waals surface area contributed by atoms with Gasteiger partial charge in [-0.15, -0.1) is 0 Å². The molecule has 1 N–H and O–H groups in total. The van der Waals surface area contributed by atoms with E-state index in [0.29, 0.717) is 6.04 Å². The number of methoxy groups -OCH3 is 1. The zero-order valence-corrected chi connectivity index (χ0v) is 15.1. The van der Waals surface area contributed by atoms with Gasteiger partial charge in [0, 0.05) is 49.1 Å². The van der Waals surface area contributed by atoms with Crippen molar-refractivity contribution in [2.45, 2.75) is 45.3 Å². The number of nitrogens with zero attached hydrogens (tertiary/aromatic N) is 3. The molecule has 1 aromatic carbocycles. The van der Waals surface area contributed by atoms with Crippen LogP contribution in [0.2, 0.25) is 0 Å². The molecule has 0 bridgehead atoms. The van der Waals surface area contributed by atoms with Crippen LogP contribution < -0.4 is 10.1 Å². The molecule has 0 radical (unpaired) electrons. The van der Waals surface area contributed by atoms with Crippen molar-refractivity contribution in [3.05, 3.63) is 52.6 Å². The molecule has 0 aliphatic carbocycles. The van der Waals surface area contributed by atoms with Crippen LogP contribution >= 0.6 is 0 Å². The van der Waals surface area contributed by atoms with Gasteiger partial charge in [-0.25, -0.2) is 9.97 Å². The molecule has 2 aromatic rings. The molecule has 1 fully saturated rings. The lowest BCUT2D eigenvalue weighted by atomic mass is 10.0. The number of aromatic nitrogens is 2. The summed E-state index contributed by atoms with van der Waals surface area (Å²) in [6.45, 7) is 6.01. The average Bonchev–Trinajstić information content (AvgIpc) is 3.16. The number of ether oxygens (including phenoxy) is 1. The number of hydrogen-bond acceptors (Lipinski definition) is 5. The van der Waals surface area contributed by atoms with E-state index >= 15 is 0 Å². The summed E-state index contributed by atoms with van der Waals surface area (Å²) in [6.07, 6.45) is 5.40. The van der Waals surface area contributed by atoms with Crippen LogP contribution in [0.4, 0.5) is 0 Å². The highest BCUT2D eigenvalue weighted by Gasteiger charge is 2.23. The summed E-state index contributed by atoms with van der Waals surface area (Å²) in [7, 11) is 1.75. The number of nitrogens with one attached hydrogen (secondary N) is 1. The Bertz CT molecular complexity index is 755. The van der Waals surface area contributed by atoms with Gasteiger partial charge < -0.3 is 10.1 Å². The maximum absolute atomic E-state index is 5.60. The standard InChI is InChI=1S/C20H26N4O/c1-14-5-3-6-15(19(14)25-2)12-24-10-8-17-16(13-24)11-22-20(23-17)18-7-4-9-21-18/h3,5-6,11,18,21H,4,7-10,12-13H2,1-2H3/t18-/m1/s1. The van der Waals surface area contributed by atoms with Gasteiger partial charge in [0.2, 0.25) is 0 Å². The van der Waals surface area contributed by atoms with Crippen LogP contribution in [-0.2, 0) is 19.5 Å². The first-order valence-corrected chi connectivity index (χ1v) is 9.17. The number of rotatable bonds is 4. The second-order valence-corrected chi connectivity index (χ2v) is 7.08. The molecule has 0 spiro atoms. The first kappa shape index (κ1) is 16.5. The van der Waals surface area contributed by atoms with Gasteiger partial charge in [-0.05, 0) is 31.9 Å². The average molecular weight is 338 g/mol. The summed E-state index contributed by atoms with van der Waals surface area (Å²) in [5, 5.41) is 3.49. The highest BCUT2D eigenvalue weighted by atomic mass is 16.5. The second kappa shape index (κ2) is 7.10. The van der Waals surface area contributed by atoms with Crippen LogP contribution in [-0.4, -0.2) is 35.1 Å². The van der Waals surface area contributed by atoms with E-state index < -0.39 is 0 Å². The van der Waals surface area contributed by atoms with Crippen LogP contribution in [0.1, 0.15) is 47.1 Å². The molecule has 4 rings (SSSR count). The van der Waals surface area contributed by atoms with Crippen LogP contribution in [0.25, 0.3) is 0 Å². The maximum atomic E-state index is 5.60. The van der Waals surface area contributed by atoms with E-state index in [4.69, 9.17) is 9.72 Å². The third-order valence-corrected chi connectivity index (χ3v) is 5.30. The minimum atomic E-state index is 0.347. The van der Waals surface area contributed by atoms with Crippen molar-refractivity contribution in [1.29, 1.82) is 0 Å². The zero-order chi connectivity index (χ0) is 17.2. The minimum Gasteiger partial charge on any atom is -0.496 e.